The molecule has 0 aliphatic heterocycles. The number of esters is 1. The van der Waals surface area contributed by atoms with E-state index in [0.717, 1.165) is 0 Å². The molecule has 1 rings (SSSR count). The number of carbonyl (C=O) groups excluding carboxylic acids is 2. The molecule has 0 bridgehead atoms. The molecule has 0 heterocycles. The number of nitrogens with one attached hydrogen (secondary N) is 2. The van der Waals surface area contributed by atoms with Crippen molar-refractivity contribution in [2.45, 2.75) is 79.1 Å². The fourth-order valence-electron chi connectivity index (χ4n) is 2.56. The van der Waals surface area contributed by atoms with Gasteiger partial charge in [0.25, 0.3) is 5.69 Å². The number of anilines is 2. The Morgan fingerprint density at radius 1 is 1.07 bits per heavy atom. The molecule has 1 amide bonds. The normalized spacial score (nSPS) is 12.8. The minimum absolute atomic E-state index is 0.102. The first-order valence-corrected chi connectivity index (χ1v) is 9.85. The molecule has 0 fully saturated rings. The third kappa shape index (κ3) is 9.11. The van der Waals surface area contributed by atoms with Gasteiger partial charge < -0.3 is 14.8 Å². The number of benzene rings is 1. The summed E-state index contributed by atoms with van der Waals surface area (Å²) in [5.74, 6) is -0.367. The molecule has 168 valence electrons. The average molecular weight is 424 g/mol. The lowest BCUT2D eigenvalue weighted by molar-refractivity contribution is -0.384. The van der Waals surface area contributed by atoms with Crippen LogP contribution in [0.3, 0.4) is 0 Å². The van der Waals surface area contributed by atoms with Gasteiger partial charge in [-0.1, -0.05) is 13.8 Å². The van der Waals surface area contributed by atoms with Crippen LogP contribution in [0.25, 0.3) is 0 Å². The number of ether oxygens (including phenoxy) is 2. The summed E-state index contributed by atoms with van der Waals surface area (Å²) in [4.78, 5) is 35.6. The maximum Gasteiger partial charge on any atom is 0.412 e. The maximum absolute atomic E-state index is 12.7. The van der Waals surface area contributed by atoms with E-state index in [9.17, 15) is 19.7 Å². The summed E-state index contributed by atoms with van der Waals surface area (Å²) >= 11 is 0. The van der Waals surface area contributed by atoms with Crippen LogP contribution in [0.2, 0.25) is 0 Å². The van der Waals surface area contributed by atoms with E-state index in [1.807, 2.05) is 13.8 Å². The third-order valence-corrected chi connectivity index (χ3v) is 3.57. The fourth-order valence-corrected chi connectivity index (χ4v) is 2.56. The van der Waals surface area contributed by atoms with Gasteiger partial charge in [-0.3, -0.25) is 15.4 Å². The molecular formula is C21H33N3O6. The summed E-state index contributed by atoms with van der Waals surface area (Å²) in [6, 6.07) is 3.27. The zero-order valence-corrected chi connectivity index (χ0v) is 19.0. The molecule has 0 saturated heterocycles. The van der Waals surface area contributed by atoms with E-state index in [-0.39, 0.29) is 17.3 Å². The van der Waals surface area contributed by atoms with E-state index >= 15 is 0 Å². The van der Waals surface area contributed by atoms with Gasteiger partial charge in [-0.05, 0) is 66.0 Å². The first-order valence-electron chi connectivity index (χ1n) is 9.85. The van der Waals surface area contributed by atoms with Crippen LogP contribution in [0.15, 0.2) is 18.2 Å². The number of nitro groups is 1. The number of carbonyl (C=O) groups is 2. The van der Waals surface area contributed by atoms with Crippen molar-refractivity contribution in [1.82, 2.24) is 0 Å². The van der Waals surface area contributed by atoms with Gasteiger partial charge in [0.2, 0.25) is 0 Å². The van der Waals surface area contributed by atoms with E-state index in [1.54, 1.807) is 41.5 Å². The maximum atomic E-state index is 12.7. The van der Waals surface area contributed by atoms with Crippen molar-refractivity contribution in [3.05, 3.63) is 28.3 Å². The SMILES string of the molecule is CC(C)CC(Nc1cc(NC(=O)OC(C)(C)C)ccc1[N+](=O)[O-])C(=O)OC(C)(C)C. The second-order valence-corrected chi connectivity index (χ2v) is 9.48. The van der Waals surface area contributed by atoms with Gasteiger partial charge in [-0.25, -0.2) is 9.59 Å². The highest BCUT2D eigenvalue weighted by Gasteiger charge is 2.28. The molecule has 9 heteroatoms. The summed E-state index contributed by atoms with van der Waals surface area (Å²) in [5.41, 5.74) is -1.21. The standard InChI is InChI=1S/C21H33N3O6/c1-13(2)11-16(18(25)29-20(3,4)5)23-15-12-14(9-10-17(15)24(27)28)22-19(26)30-21(6,7)8/h9-10,12-13,16,23H,11H2,1-8H3,(H,22,26). The lowest BCUT2D eigenvalue weighted by Crippen LogP contribution is -2.37. The Kier molecular flexibility index (Phi) is 8.21. The van der Waals surface area contributed by atoms with Crippen LogP contribution in [0, 0.1) is 16.0 Å². The van der Waals surface area contributed by atoms with Gasteiger partial charge >= 0.3 is 12.1 Å². The third-order valence-electron chi connectivity index (χ3n) is 3.57. The Morgan fingerprint density at radius 2 is 1.63 bits per heavy atom. The highest BCUT2D eigenvalue weighted by molar-refractivity contribution is 5.87. The Bertz CT molecular complexity index is 778. The van der Waals surface area contributed by atoms with Gasteiger partial charge in [-0.15, -0.1) is 0 Å². The van der Waals surface area contributed by atoms with Gasteiger partial charge in [0.05, 0.1) is 4.92 Å². The van der Waals surface area contributed by atoms with Crippen LogP contribution in [-0.2, 0) is 14.3 Å². The lowest BCUT2D eigenvalue weighted by Gasteiger charge is -2.26. The lowest BCUT2D eigenvalue weighted by atomic mass is 10.0. The van der Waals surface area contributed by atoms with Gasteiger partial charge in [0.15, 0.2) is 0 Å². The van der Waals surface area contributed by atoms with Gasteiger partial charge in [0.1, 0.15) is 22.9 Å². The van der Waals surface area contributed by atoms with Crippen LogP contribution in [0.4, 0.5) is 21.9 Å². The van der Waals surface area contributed by atoms with Crippen molar-refractivity contribution >= 4 is 29.1 Å². The quantitative estimate of drug-likeness (QED) is 0.355. The van der Waals surface area contributed by atoms with Crippen molar-refractivity contribution in [1.29, 1.82) is 0 Å². The molecule has 1 unspecified atom stereocenters. The Hall–Kier alpha value is -2.84. The highest BCUT2D eigenvalue weighted by Crippen LogP contribution is 2.30. The largest absolute Gasteiger partial charge is 0.458 e. The molecule has 2 N–H and O–H groups in total. The number of nitrogens with zero attached hydrogens (tertiary/aromatic N) is 1. The Morgan fingerprint density at radius 3 is 2.10 bits per heavy atom. The fraction of sp³-hybridized carbons (Fsp3) is 0.619. The molecule has 30 heavy (non-hydrogen) atoms. The van der Waals surface area contributed by atoms with Crippen molar-refractivity contribution in [3.63, 3.8) is 0 Å². The van der Waals surface area contributed by atoms with Crippen LogP contribution in [0.1, 0.15) is 61.8 Å². The molecular weight excluding hydrogens is 390 g/mol. The first kappa shape index (κ1) is 25.2. The minimum atomic E-state index is -0.792. The second-order valence-electron chi connectivity index (χ2n) is 9.48. The zero-order chi connectivity index (χ0) is 23.3. The highest BCUT2D eigenvalue weighted by atomic mass is 16.6. The molecule has 0 radical (unpaired) electrons. The second kappa shape index (κ2) is 9.77. The summed E-state index contributed by atoms with van der Waals surface area (Å²) < 4.78 is 10.7. The van der Waals surface area contributed by atoms with Crippen LogP contribution in [-0.4, -0.2) is 34.2 Å². The predicted octanol–water partition coefficient (Wildman–Crippen LogP) is 5.11. The van der Waals surface area contributed by atoms with Gasteiger partial charge in [-0.2, -0.15) is 0 Å². The monoisotopic (exact) mass is 423 g/mol. The van der Waals surface area contributed by atoms with Crippen molar-refractivity contribution < 1.29 is 24.0 Å². The number of amides is 1. The predicted molar refractivity (Wildman–Crippen MR) is 116 cm³/mol. The summed E-state index contributed by atoms with van der Waals surface area (Å²) in [6.07, 6.45) is -0.274. The van der Waals surface area contributed by atoms with E-state index in [1.165, 1.54) is 18.2 Å². The van der Waals surface area contributed by atoms with Crippen molar-refractivity contribution in [3.8, 4) is 0 Å². The zero-order valence-electron chi connectivity index (χ0n) is 19.0. The summed E-state index contributed by atoms with van der Waals surface area (Å²) in [7, 11) is 0. The molecule has 0 saturated carbocycles. The topological polar surface area (TPSA) is 120 Å². The molecule has 1 aromatic carbocycles. The van der Waals surface area contributed by atoms with Crippen LogP contribution >= 0.6 is 0 Å². The van der Waals surface area contributed by atoms with E-state index in [4.69, 9.17) is 9.47 Å². The van der Waals surface area contributed by atoms with Crippen molar-refractivity contribution in [2.75, 3.05) is 10.6 Å². The van der Waals surface area contributed by atoms with Crippen molar-refractivity contribution in [2.24, 2.45) is 5.92 Å². The van der Waals surface area contributed by atoms with E-state index < -0.39 is 34.2 Å². The van der Waals surface area contributed by atoms with Crippen LogP contribution < -0.4 is 10.6 Å². The molecule has 0 aliphatic carbocycles. The molecule has 0 aromatic heterocycles. The summed E-state index contributed by atoms with van der Waals surface area (Å²) in [6.45, 7) is 14.3. The van der Waals surface area contributed by atoms with E-state index in [2.05, 4.69) is 10.6 Å². The first-order chi connectivity index (χ1) is 13.6. The molecule has 1 aromatic rings. The Labute approximate surface area is 177 Å². The number of nitro benzene ring substituents is 1. The number of hydrogen-bond donors (Lipinski definition) is 2. The molecule has 9 nitrogen and oxygen atoms in total. The molecule has 0 spiro atoms. The van der Waals surface area contributed by atoms with Gasteiger partial charge in [0, 0.05) is 11.8 Å². The van der Waals surface area contributed by atoms with Crippen LogP contribution in [0.5, 0.6) is 0 Å². The van der Waals surface area contributed by atoms with E-state index in [0.29, 0.717) is 12.1 Å². The summed E-state index contributed by atoms with van der Waals surface area (Å²) in [5, 5.41) is 17.0. The smallest absolute Gasteiger partial charge is 0.412 e. The molecule has 0 aliphatic rings. The number of rotatable bonds is 7. The number of hydrogen-bond acceptors (Lipinski definition) is 7. The minimum Gasteiger partial charge on any atom is -0.458 e. The average Bonchev–Trinajstić information content (AvgIpc) is 2.50. The molecule has 1 atom stereocenters. The Balaban J connectivity index is 3.18.